The fourth-order valence-corrected chi connectivity index (χ4v) is 1.38. The number of hydrogen-bond donors (Lipinski definition) is 1. The van der Waals surface area contributed by atoms with Gasteiger partial charge in [-0.25, -0.2) is 0 Å². The van der Waals surface area contributed by atoms with Crippen molar-refractivity contribution in [2.45, 2.75) is 6.92 Å². The third-order valence-electron chi connectivity index (χ3n) is 2.34. The summed E-state index contributed by atoms with van der Waals surface area (Å²) in [5.74, 6) is 1.11. The molecule has 1 amide bonds. The minimum Gasteiger partial charge on any atom is -0.497 e. The summed E-state index contributed by atoms with van der Waals surface area (Å²) < 4.78 is 10.2. The van der Waals surface area contributed by atoms with Gasteiger partial charge in [0.1, 0.15) is 11.5 Å². The molecule has 1 unspecified atom stereocenters. The van der Waals surface area contributed by atoms with Crippen LogP contribution in [0.5, 0.6) is 11.5 Å². The lowest BCUT2D eigenvalue weighted by Gasteiger charge is -2.13. The first-order valence-electron chi connectivity index (χ1n) is 5.21. The zero-order chi connectivity index (χ0) is 12.8. The second-order valence-electron chi connectivity index (χ2n) is 3.61. The lowest BCUT2D eigenvalue weighted by molar-refractivity contribution is -0.118. The van der Waals surface area contributed by atoms with Gasteiger partial charge in [-0.05, 0) is 12.1 Å². The van der Waals surface area contributed by atoms with E-state index in [-0.39, 0.29) is 17.7 Å². The van der Waals surface area contributed by atoms with Gasteiger partial charge in [-0.15, -0.1) is 11.6 Å². The summed E-state index contributed by atoms with van der Waals surface area (Å²) in [5, 5.41) is 2.76. The van der Waals surface area contributed by atoms with Crippen LogP contribution in [0.2, 0.25) is 0 Å². The molecule has 17 heavy (non-hydrogen) atoms. The van der Waals surface area contributed by atoms with Gasteiger partial charge in [0.15, 0.2) is 0 Å². The summed E-state index contributed by atoms with van der Waals surface area (Å²) in [4.78, 5) is 11.7. The number of anilines is 1. The SMILES string of the molecule is COc1ccc(OC)c(NC(=O)C(C)CCl)c1. The standard InChI is InChI=1S/C12H16ClNO3/c1-8(7-13)12(15)14-10-6-9(16-2)4-5-11(10)17-3/h4-6,8H,7H2,1-3H3,(H,14,15). The number of ether oxygens (including phenoxy) is 2. The van der Waals surface area contributed by atoms with Gasteiger partial charge in [-0.2, -0.15) is 0 Å². The summed E-state index contributed by atoms with van der Waals surface area (Å²) in [6.45, 7) is 1.76. The first kappa shape index (κ1) is 13.6. The van der Waals surface area contributed by atoms with Gasteiger partial charge in [0.2, 0.25) is 5.91 Å². The number of carbonyl (C=O) groups excluding carboxylic acids is 1. The van der Waals surface area contributed by atoms with E-state index in [4.69, 9.17) is 21.1 Å². The largest absolute Gasteiger partial charge is 0.497 e. The van der Waals surface area contributed by atoms with Gasteiger partial charge < -0.3 is 14.8 Å². The molecule has 0 aliphatic heterocycles. The lowest BCUT2D eigenvalue weighted by atomic mass is 10.2. The molecule has 0 aliphatic rings. The zero-order valence-electron chi connectivity index (χ0n) is 10.1. The topological polar surface area (TPSA) is 47.6 Å². The van der Waals surface area contributed by atoms with Gasteiger partial charge in [-0.1, -0.05) is 6.92 Å². The van der Waals surface area contributed by atoms with Gasteiger partial charge in [0, 0.05) is 17.9 Å². The molecule has 0 spiro atoms. The summed E-state index contributed by atoms with van der Waals surface area (Å²) in [5.41, 5.74) is 0.578. The monoisotopic (exact) mass is 257 g/mol. The highest BCUT2D eigenvalue weighted by Crippen LogP contribution is 2.29. The molecular formula is C12H16ClNO3. The average Bonchev–Trinajstić information content (AvgIpc) is 2.37. The van der Waals surface area contributed by atoms with E-state index in [0.29, 0.717) is 17.2 Å². The van der Waals surface area contributed by atoms with Crippen LogP contribution in [0.4, 0.5) is 5.69 Å². The molecule has 1 aromatic carbocycles. The number of benzene rings is 1. The molecule has 4 nitrogen and oxygen atoms in total. The molecule has 0 bridgehead atoms. The maximum Gasteiger partial charge on any atom is 0.228 e. The number of halogens is 1. The van der Waals surface area contributed by atoms with Crippen molar-refractivity contribution in [3.63, 3.8) is 0 Å². The molecule has 5 heteroatoms. The van der Waals surface area contributed by atoms with Crippen LogP contribution < -0.4 is 14.8 Å². The van der Waals surface area contributed by atoms with E-state index in [1.165, 1.54) is 0 Å². The Morgan fingerprint density at radius 2 is 2.12 bits per heavy atom. The van der Waals surface area contributed by atoms with Gasteiger partial charge in [0.25, 0.3) is 0 Å². The number of nitrogens with one attached hydrogen (secondary N) is 1. The van der Waals surface area contributed by atoms with Crippen molar-refractivity contribution < 1.29 is 14.3 Å². The minimum absolute atomic E-state index is 0.147. The van der Waals surface area contributed by atoms with E-state index in [2.05, 4.69) is 5.32 Å². The van der Waals surface area contributed by atoms with Crippen molar-refractivity contribution >= 4 is 23.2 Å². The van der Waals surface area contributed by atoms with Crippen LogP contribution in [0.25, 0.3) is 0 Å². The van der Waals surface area contributed by atoms with Crippen molar-refractivity contribution in [3.05, 3.63) is 18.2 Å². The molecular weight excluding hydrogens is 242 g/mol. The maximum absolute atomic E-state index is 11.7. The Kier molecular flexibility index (Phi) is 5.10. The number of amides is 1. The number of rotatable bonds is 5. The van der Waals surface area contributed by atoms with Crippen LogP contribution in [0.1, 0.15) is 6.92 Å². The van der Waals surface area contributed by atoms with E-state index < -0.39 is 0 Å². The van der Waals surface area contributed by atoms with E-state index in [0.717, 1.165) is 0 Å². The number of alkyl halides is 1. The Morgan fingerprint density at radius 1 is 1.41 bits per heavy atom. The molecule has 0 radical (unpaired) electrons. The minimum atomic E-state index is -0.257. The van der Waals surface area contributed by atoms with Gasteiger partial charge in [-0.3, -0.25) is 4.79 Å². The summed E-state index contributed by atoms with van der Waals surface area (Å²) in [6.07, 6.45) is 0. The van der Waals surface area contributed by atoms with Gasteiger partial charge >= 0.3 is 0 Å². The first-order chi connectivity index (χ1) is 8.12. The van der Waals surface area contributed by atoms with Crippen molar-refractivity contribution in [1.29, 1.82) is 0 Å². The van der Waals surface area contributed by atoms with Crippen LogP contribution in [0.3, 0.4) is 0 Å². The predicted octanol–water partition coefficient (Wildman–Crippen LogP) is 2.52. The highest BCUT2D eigenvalue weighted by Gasteiger charge is 2.14. The molecule has 1 N–H and O–H groups in total. The Balaban J connectivity index is 2.91. The molecule has 0 aromatic heterocycles. The molecule has 1 rings (SSSR count). The van der Waals surface area contributed by atoms with Crippen molar-refractivity contribution in [1.82, 2.24) is 0 Å². The molecule has 0 fully saturated rings. The molecule has 0 saturated heterocycles. The third kappa shape index (κ3) is 3.53. The smallest absolute Gasteiger partial charge is 0.228 e. The Morgan fingerprint density at radius 3 is 2.65 bits per heavy atom. The average molecular weight is 258 g/mol. The quantitative estimate of drug-likeness (QED) is 0.825. The molecule has 94 valence electrons. The van der Waals surface area contributed by atoms with E-state index in [1.54, 1.807) is 39.3 Å². The maximum atomic E-state index is 11.7. The highest BCUT2D eigenvalue weighted by atomic mass is 35.5. The number of hydrogen-bond acceptors (Lipinski definition) is 3. The van der Waals surface area contributed by atoms with Gasteiger partial charge in [0.05, 0.1) is 19.9 Å². The highest BCUT2D eigenvalue weighted by molar-refractivity contribution is 6.19. The summed E-state index contributed by atoms with van der Waals surface area (Å²) in [6, 6.07) is 5.21. The third-order valence-corrected chi connectivity index (χ3v) is 2.81. The predicted molar refractivity (Wildman–Crippen MR) is 68.1 cm³/mol. The van der Waals surface area contributed by atoms with Crippen molar-refractivity contribution in [2.24, 2.45) is 5.92 Å². The molecule has 0 saturated carbocycles. The molecule has 0 aliphatic carbocycles. The van der Waals surface area contributed by atoms with E-state index in [9.17, 15) is 4.79 Å². The Bertz CT molecular complexity index is 395. The fourth-order valence-electron chi connectivity index (χ4n) is 1.24. The number of carbonyl (C=O) groups is 1. The van der Waals surface area contributed by atoms with Crippen LogP contribution in [-0.4, -0.2) is 26.0 Å². The normalized spacial score (nSPS) is 11.8. The number of methoxy groups -OCH3 is 2. The fraction of sp³-hybridized carbons (Fsp3) is 0.417. The van der Waals surface area contributed by atoms with Crippen LogP contribution >= 0.6 is 11.6 Å². The van der Waals surface area contributed by atoms with Crippen LogP contribution in [0, 0.1) is 5.92 Å². The van der Waals surface area contributed by atoms with Crippen LogP contribution in [-0.2, 0) is 4.79 Å². The summed E-state index contributed by atoms with van der Waals surface area (Å²) in [7, 11) is 3.11. The molecule has 0 heterocycles. The lowest BCUT2D eigenvalue weighted by Crippen LogP contribution is -2.21. The first-order valence-corrected chi connectivity index (χ1v) is 5.74. The Hall–Kier alpha value is -1.42. The van der Waals surface area contributed by atoms with Crippen LogP contribution in [0.15, 0.2) is 18.2 Å². The van der Waals surface area contributed by atoms with Crippen molar-refractivity contribution in [3.8, 4) is 11.5 Å². The summed E-state index contributed by atoms with van der Waals surface area (Å²) >= 11 is 5.63. The zero-order valence-corrected chi connectivity index (χ0v) is 10.9. The van der Waals surface area contributed by atoms with Crippen molar-refractivity contribution in [2.75, 3.05) is 25.4 Å². The van der Waals surface area contributed by atoms with E-state index >= 15 is 0 Å². The Labute approximate surface area is 106 Å². The second-order valence-corrected chi connectivity index (χ2v) is 3.92. The van der Waals surface area contributed by atoms with E-state index in [1.807, 2.05) is 0 Å². The molecule has 1 aromatic rings. The second kappa shape index (κ2) is 6.35. The molecule has 1 atom stereocenters.